The molecule has 1 fully saturated rings. The molecule has 1 atom stereocenters. The molecule has 0 aromatic heterocycles. The fraction of sp³-hybridized carbons (Fsp3) is 0.600. The third-order valence-corrected chi connectivity index (χ3v) is 4.11. The van der Waals surface area contributed by atoms with Crippen molar-refractivity contribution in [1.29, 1.82) is 0 Å². The second-order valence-electron chi connectivity index (χ2n) is 3.53. The SMILES string of the molecule is CC(C)OC(=O)CC(=O)C=C1SCC(O)S1. The molecule has 6 heteroatoms. The Kier molecular flexibility index (Phi) is 5.37. The van der Waals surface area contributed by atoms with E-state index in [1.54, 1.807) is 13.8 Å². The van der Waals surface area contributed by atoms with E-state index in [0.29, 0.717) is 5.75 Å². The number of aliphatic hydroxyl groups excluding tert-OH is 1. The third-order valence-electron chi connectivity index (χ3n) is 1.58. The summed E-state index contributed by atoms with van der Waals surface area (Å²) in [5.74, 6) is -0.208. The number of ketones is 1. The van der Waals surface area contributed by atoms with Crippen LogP contribution in [0.1, 0.15) is 20.3 Å². The van der Waals surface area contributed by atoms with Crippen molar-refractivity contribution >= 4 is 35.3 Å². The average molecular weight is 262 g/mol. The molecule has 0 bridgehead atoms. The van der Waals surface area contributed by atoms with Gasteiger partial charge in [0.15, 0.2) is 5.78 Å². The Morgan fingerprint density at radius 2 is 2.31 bits per heavy atom. The maximum absolute atomic E-state index is 11.4. The van der Waals surface area contributed by atoms with Crippen LogP contribution in [0.2, 0.25) is 0 Å². The van der Waals surface area contributed by atoms with E-state index in [1.165, 1.54) is 29.6 Å². The standard InChI is InChI=1S/C10H14O4S2/c1-6(2)14-8(12)3-7(11)4-10-15-5-9(13)16-10/h4,6,9,13H,3,5H2,1-2H3. The predicted octanol–water partition coefficient (Wildman–Crippen LogP) is 1.54. The van der Waals surface area contributed by atoms with Gasteiger partial charge in [-0.3, -0.25) is 9.59 Å². The highest BCUT2D eigenvalue weighted by molar-refractivity contribution is 8.25. The predicted molar refractivity (Wildman–Crippen MR) is 65.0 cm³/mol. The van der Waals surface area contributed by atoms with Gasteiger partial charge in [-0.25, -0.2) is 0 Å². The van der Waals surface area contributed by atoms with Crippen molar-refractivity contribution in [3.8, 4) is 0 Å². The molecule has 0 spiro atoms. The molecule has 1 heterocycles. The summed E-state index contributed by atoms with van der Waals surface area (Å²) < 4.78 is 5.61. The van der Waals surface area contributed by atoms with E-state index in [4.69, 9.17) is 4.74 Å². The summed E-state index contributed by atoms with van der Waals surface area (Å²) in [5.41, 5.74) is -0.452. The summed E-state index contributed by atoms with van der Waals surface area (Å²) >= 11 is 2.66. The molecule has 0 amide bonds. The zero-order chi connectivity index (χ0) is 12.1. The molecular formula is C10H14O4S2. The number of esters is 1. The van der Waals surface area contributed by atoms with Gasteiger partial charge in [0, 0.05) is 16.1 Å². The van der Waals surface area contributed by atoms with Gasteiger partial charge in [-0.05, 0) is 13.8 Å². The van der Waals surface area contributed by atoms with E-state index < -0.39 is 11.4 Å². The Balaban J connectivity index is 2.38. The molecule has 0 aliphatic carbocycles. The van der Waals surface area contributed by atoms with Crippen LogP contribution in [0.3, 0.4) is 0 Å². The monoisotopic (exact) mass is 262 g/mol. The number of rotatable bonds is 4. The van der Waals surface area contributed by atoms with Gasteiger partial charge in [-0.2, -0.15) is 0 Å². The lowest BCUT2D eigenvalue weighted by molar-refractivity contribution is -0.148. The van der Waals surface area contributed by atoms with E-state index in [0.717, 1.165) is 4.24 Å². The minimum atomic E-state index is -0.509. The number of carbonyl (C=O) groups is 2. The van der Waals surface area contributed by atoms with E-state index in [9.17, 15) is 14.7 Å². The molecule has 1 unspecified atom stereocenters. The first kappa shape index (κ1) is 13.6. The van der Waals surface area contributed by atoms with E-state index >= 15 is 0 Å². The Labute approximate surface area is 103 Å². The summed E-state index contributed by atoms with van der Waals surface area (Å²) in [6, 6.07) is 0. The number of hydrogen-bond donors (Lipinski definition) is 1. The number of allylic oxidation sites excluding steroid dienone is 1. The van der Waals surface area contributed by atoms with Crippen molar-refractivity contribution in [3.05, 3.63) is 10.3 Å². The van der Waals surface area contributed by atoms with Gasteiger partial charge in [0.2, 0.25) is 0 Å². The smallest absolute Gasteiger partial charge is 0.313 e. The minimum Gasteiger partial charge on any atom is -0.463 e. The number of thioether (sulfide) groups is 2. The van der Waals surface area contributed by atoms with Gasteiger partial charge in [-0.1, -0.05) is 11.8 Å². The van der Waals surface area contributed by atoms with Crippen molar-refractivity contribution in [3.63, 3.8) is 0 Å². The van der Waals surface area contributed by atoms with Gasteiger partial charge < -0.3 is 9.84 Å². The molecule has 90 valence electrons. The summed E-state index contributed by atoms with van der Waals surface area (Å²) in [7, 11) is 0. The van der Waals surface area contributed by atoms with Crippen LogP contribution >= 0.6 is 23.5 Å². The van der Waals surface area contributed by atoms with Gasteiger partial charge >= 0.3 is 5.97 Å². The Bertz CT molecular complexity index is 312. The molecular weight excluding hydrogens is 248 g/mol. The van der Waals surface area contributed by atoms with Gasteiger partial charge in [0.25, 0.3) is 0 Å². The van der Waals surface area contributed by atoms with Crippen molar-refractivity contribution in [2.75, 3.05) is 5.75 Å². The van der Waals surface area contributed by atoms with Crippen LogP contribution in [0, 0.1) is 0 Å². The molecule has 1 aliphatic rings. The first-order valence-corrected chi connectivity index (χ1v) is 6.75. The van der Waals surface area contributed by atoms with Crippen molar-refractivity contribution < 1.29 is 19.4 Å². The third kappa shape index (κ3) is 5.05. The van der Waals surface area contributed by atoms with Crippen molar-refractivity contribution in [1.82, 2.24) is 0 Å². The quantitative estimate of drug-likeness (QED) is 0.471. The van der Waals surface area contributed by atoms with Crippen LogP contribution in [0.5, 0.6) is 0 Å². The summed E-state index contributed by atoms with van der Waals surface area (Å²) in [4.78, 5) is 22.6. The maximum Gasteiger partial charge on any atom is 0.313 e. The highest BCUT2D eigenvalue weighted by Gasteiger charge is 2.20. The van der Waals surface area contributed by atoms with Crippen LogP contribution < -0.4 is 0 Å². The minimum absolute atomic E-state index is 0.204. The highest BCUT2D eigenvalue weighted by Crippen LogP contribution is 2.40. The zero-order valence-corrected chi connectivity index (χ0v) is 10.8. The maximum atomic E-state index is 11.4. The van der Waals surface area contributed by atoms with Gasteiger partial charge in [0.05, 0.1) is 6.10 Å². The molecule has 1 N–H and O–H groups in total. The van der Waals surface area contributed by atoms with E-state index in [-0.39, 0.29) is 18.3 Å². The van der Waals surface area contributed by atoms with Gasteiger partial charge in [-0.15, -0.1) is 11.8 Å². The molecule has 1 aliphatic heterocycles. The largest absolute Gasteiger partial charge is 0.463 e. The van der Waals surface area contributed by atoms with Crippen molar-refractivity contribution in [2.24, 2.45) is 0 Å². The molecule has 0 saturated carbocycles. The van der Waals surface area contributed by atoms with Crippen LogP contribution in [0.15, 0.2) is 10.3 Å². The van der Waals surface area contributed by atoms with Crippen molar-refractivity contribution in [2.45, 2.75) is 31.8 Å². The first-order chi connectivity index (χ1) is 7.47. The second kappa shape index (κ2) is 6.32. The zero-order valence-electron chi connectivity index (χ0n) is 9.13. The number of carbonyl (C=O) groups excluding carboxylic acids is 2. The lowest BCUT2D eigenvalue weighted by Crippen LogP contribution is -2.14. The molecule has 1 rings (SSSR count). The van der Waals surface area contributed by atoms with Gasteiger partial charge in [0.1, 0.15) is 11.9 Å². The molecule has 0 aromatic carbocycles. The highest BCUT2D eigenvalue weighted by atomic mass is 32.2. The van der Waals surface area contributed by atoms with Crippen LogP contribution in [-0.2, 0) is 14.3 Å². The number of hydrogen-bond acceptors (Lipinski definition) is 6. The van der Waals surface area contributed by atoms with Crippen LogP contribution in [0.25, 0.3) is 0 Å². The fourth-order valence-electron chi connectivity index (χ4n) is 1.06. The van der Waals surface area contributed by atoms with E-state index in [1.807, 2.05) is 0 Å². The molecule has 16 heavy (non-hydrogen) atoms. The normalized spacial score (nSPS) is 22.8. The lowest BCUT2D eigenvalue weighted by Gasteiger charge is -2.05. The average Bonchev–Trinajstić information content (AvgIpc) is 2.48. The molecule has 1 saturated heterocycles. The summed E-state index contributed by atoms with van der Waals surface area (Å²) in [5, 5.41) is 9.21. The first-order valence-electron chi connectivity index (χ1n) is 4.89. The fourth-order valence-corrected chi connectivity index (χ4v) is 3.34. The van der Waals surface area contributed by atoms with E-state index in [2.05, 4.69) is 0 Å². The summed E-state index contributed by atoms with van der Waals surface area (Å²) in [6.45, 7) is 3.47. The van der Waals surface area contributed by atoms with Crippen LogP contribution in [0.4, 0.5) is 0 Å². The Morgan fingerprint density at radius 3 is 2.81 bits per heavy atom. The Hall–Kier alpha value is -0.460. The molecule has 0 aromatic rings. The summed E-state index contributed by atoms with van der Waals surface area (Å²) in [6.07, 6.45) is 0.955. The second-order valence-corrected chi connectivity index (χ2v) is 6.07. The molecule has 0 radical (unpaired) electrons. The molecule has 4 nitrogen and oxygen atoms in total. The number of aliphatic hydroxyl groups is 1. The van der Waals surface area contributed by atoms with Crippen LogP contribution in [-0.4, -0.2) is 34.2 Å². The number of ether oxygens (including phenoxy) is 1. The topological polar surface area (TPSA) is 63.6 Å². The Morgan fingerprint density at radius 1 is 1.62 bits per heavy atom. The lowest BCUT2D eigenvalue weighted by atomic mass is 10.3.